The van der Waals surface area contributed by atoms with Crippen LogP contribution in [-0.2, 0) is 11.0 Å². The summed E-state index contributed by atoms with van der Waals surface area (Å²) in [6.45, 7) is 2.22. The van der Waals surface area contributed by atoms with Gasteiger partial charge in [-0.25, -0.2) is 0 Å². The number of alkyl halides is 3. The number of carbonyl (C=O) groups excluding carboxylic acids is 1. The molecule has 1 amide bonds. The third kappa shape index (κ3) is 8.90. The molecule has 1 aromatic heterocycles. The predicted octanol–water partition coefficient (Wildman–Crippen LogP) is 8.12. The number of carboxylic acids is 1. The van der Waals surface area contributed by atoms with E-state index < -0.39 is 17.7 Å². The highest BCUT2D eigenvalue weighted by atomic mass is 32.1. The monoisotopic (exact) mass is 547 g/mol. The maximum Gasteiger partial charge on any atom is 0.416 e. The molecule has 0 bridgehead atoms. The standard InChI is InChI=1S/C29H32F3NO4S/c1-2-3-4-5-6-7-24(25-16-17-26(38-25)28(36)33-19-18-27(34)35)37-23-14-10-21(11-15-23)20-8-12-22(13-9-20)29(30,31)32/h8-17,24H,2-7,18-19H2,1H3,(H,33,36)(H,34,35)/t24-/m1/s1. The largest absolute Gasteiger partial charge is 0.485 e. The van der Waals surface area contributed by atoms with Gasteiger partial charge in [0.25, 0.3) is 5.91 Å². The highest BCUT2D eigenvalue weighted by molar-refractivity contribution is 7.14. The quantitative estimate of drug-likeness (QED) is 0.200. The normalized spacial score (nSPS) is 12.2. The molecule has 3 rings (SSSR count). The first-order chi connectivity index (χ1) is 18.2. The smallest absolute Gasteiger partial charge is 0.416 e. The van der Waals surface area contributed by atoms with Crippen LogP contribution in [0, 0.1) is 0 Å². The number of thiophene rings is 1. The number of ether oxygens (including phenoxy) is 1. The van der Waals surface area contributed by atoms with Gasteiger partial charge in [0.05, 0.1) is 16.9 Å². The number of halogens is 3. The van der Waals surface area contributed by atoms with E-state index in [0.717, 1.165) is 54.7 Å². The molecule has 2 aromatic carbocycles. The molecule has 0 radical (unpaired) electrons. The molecule has 0 saturated heterocycles. The number of aliphatic carboxylic acids is 1. The van der Waals surface area contributed by atoms with Crippen molar-refractivity contribution in [2.75, 3.05) is 6.54 Å². The third-order valence-corrected chi connectivity index (χ3v) is 7.22. The molecule has 2 N–H and O–H groups in total. The Kier molecular flexibility index (Phi) is 10.8. The van der Waals surface area contributed by atoms with Crippen molar-refractivity contribution in [3.8, 4) is 16.9 Å². The van der Waals surface area contributed by atoms with Gasteiger partial charge in [0, 0.05) is 11.4 Å². The first kappa shape index (κ1) is 29.2. The minimum Gasteiger partial charge on any atom is -0.485 e. The van der Waals surface area contributed by atoms with Crippen LogP contribution >= 0.6 is 11.3 Å². The van der Waals surface area contributed by atoms with E-state index in [-0.39, 0.29) is 25.0 Å². The molecule has 9 heteroatoms. The minimum absolute atomic E-state index is 0.0596. The zero-order valence-corrected chi connectivity index (χ0v) is 22.0. The van der Waals surface area contributed by atoms with Crippen LogP contribution in [0.1, 0.15) is 78.1 Å². The summed E-state index contributed by atoms with van der Waals surface area (Å²) < 4.78 is 44.9. The maximum atomic E-state index is 12.9. The number of carbonyl (C=O) groups is 2. The van der Waals surface area contributed by atoms with Crippen molar-refractivity contribution in [1.29, 1.82) is 0 Å². The fraction of sp³-hybridized carbons (Fsp3) is 0.379. The maximum absolute atomic E-state index is 12.9. The van der Waals surface area contributed by atoms with Crippen LogP contribution in [0.15, 0.2) is 60.7 Å². The molecule has 0 saturated carbocycles. The fourth-order valence-electron chi connectivity index (χ4n) is 3.95. The minimum atomic E-state index is -4.37. The summed E-state index contributed by atoms with van der Waals surface area (Å²) in [5.74, 6) is -0.664. The summed E-state index contributed by atoms with van der Waals surface area (Å²) in [5.41, 5.74) is 0.765. The average Bonchev–Trinajstić information content (AvgIpc) is 3.38. The van der Waals surface area contributed by atoms with Crippen molar-refractivity contribution in [2.24, 2.45) is 0 Å². The molecule has 38 heavy (non-hydrogen) atoms. The molecule has 1 atom stereocenters. The van der Waals surface area contributed by atoms with Gasteiger partial charge in [-0.3, -0.25) is 9.59 Å². The molecule has 0 aliphatic carbocycles. The number of hydrogen-bond acceptors (Lipinski definition) is 4. The van der Waals surface area contributed by atoms with E-state index in [4.69, 9.17) is 9.84 Å². The number of benzene rings is 2. The topological polar surface area (TPSA) is 75.6 Å². The molecular weight excluding hydrogens is 515 g/mol. The Morgan fingerprint density at radius 1 is 0.921 bits per heavy atom. The second-order valence-corrected chi connectivity index (χ2v) is 10.1. The molecule has 0 fully saturated rings. The van der Waals surface area contributed by atoms with Crippen molar-refractivity contribution in [2.45, 2.75) is 64.1 Å². The van der Waals surface area contributed by atoms with Crippen LogP contribution < -0.4 is 10.1 Å². The SMILES string of the molecule is CCCCCCC[C@@H](Oc1ccc(-c2ccc(C(F)(F)F)cc2)cc1)c1ccc(C(=O)NCCC(=O)O)s1. The van der Waals surface area contributed by atoms with E-state index >= 15 is 0 Å². The zero-order chi connectivity index (χ0) is 27.5. The first-order valence-electron chi connectivity index (χ1n) is 12.7. The molecule has 0 aliphatic heterocycles. The molecule has 0 aliphatic rings. The summed E-state index contributed by atoms with van der Waals surface area (Å²) in [5, 5.41) is 11.4. The molecule has 3 aromatic rings. The molecule has 0 unspecified atom stereocenters. The van der Waals surface area contributed by atoms with Gasteiger partial charge < -0.3 is 15.2 Å². The predicted molar refractivity (Wildman–Crippen MR) is 143 cm³/mol. The number of hydrogen-bond donors (Lipinski definition) is 2. The Hall–Kier alpha value is -3.33. The second kappa shape index (κ2) is 14.0. The number of nitrogens with one attached hydrogen (secondary N) is 1. The van der Waals surface area contributed by atoms with Gasteiger partial charge in [-0.1, -0.05) is 56.9 Å². The summed E-state index contributed by atoms with van der Waals surface area (Å²) in [4.78, 5) is 24.5. The van der Waals surface area contributed by atoms with Crippen molar-refractivity contribution in [3.63, 3.8) is 0 Å². The Bertz CT molecular complexity index is 1170. The Balaban J connectivity index is 1.70. The fourth-order valence-corrected chi connectivity index (χ4v) is 4.94. The van der Waals surface area contributed by atoms with Gasteiger partial charge in [-0.2, -0.15) is 13.2 Å². The number of unbranched alkanes of at least 4 members (excludes halogenated alkanes) is 4. The number of amides is 1. The first-order valence-corrected chi connectivity index (χ1v) is 13.5. The van der Waals surface area contributed by atoms with Crippen LogP contribution in [0.3, 0.4) is 0 Å². The van der Waals surface area contributed by atoms with E-state index in [1.54, 1.807) is 18.2 Å². The van der Waals surface area contributed by atoms with Crippen LogP contribution in [0.25, 0.3) is 11.1 Å². The second-order valence-electron chi connectivity index (χ2n) is 9.01. The van der Waals surface area contributed by atoms with Crippen LogP contribution in [0.4, 0.5) is 13.2 Å². The Labute approximate surface area is 224 Å². The van der Waals surface area contributed by atoms with Crippen molar-refractivity contribution in [1.82, 2.24) is 5.32 Å². The lowest BCUT2D eigenvalue weighted by atomic mass is 10.0. The molecule has 0 spiro atoms. The van der Waals surface area contributed by atoms with Gasteiger partial charge in [0.15, 0.2) is 0 Å². The van der Waals surface area contributed by atoms with Crippen molar-refractivity contribution >= 4 is 23.2 Å². The van der Waals surface area contributed by atoms with Gasteiger partial charge in [0.1, 0.15) is 11.9 Å². The third-order valence-electron chi connectivity index (χ3n) is 6.04. The lowest BCUT2D eigenvalue weighted by Gasteiger charge is -2.18. The lowest BCUT2D eigenvalue weighted by Crippen LogP contribution is -2.25. The van der Waals surface area contributed by atoms with E-state index in [2.05, 4.69) is 12.2 Å². The molecule has 204 valence electrons. The van der Waals surface area contributed by atoms with E-state index in [1.165, 1.54) is 29.9 Å². The highest BCUT2D eigenvalue weighted by Crippen LogP contribution is 2.34. The van der Waals surface area contributed by atoms with Crippen LogP contribution in [-0.4, -0.2) is 23.5 Å². The lowest BCUT2D eigenvalue weighted by molar-refractivity contribution is -0.138. The zero-order valence-electron chi connectivity index (χ0n) is 21.2. The summed E-state index contributed by atoms with van der Waals surface area (Å²) in [7, 11) is 0. The number of rotatable bonds is 14. The average molecular weight is 548 g/mol. The van der Waals surface area contributed by atoms with Crippen molar-refractivity contribution in [3.05, 3.63) is 76.0 Å². The van der Waals surface area contributed by atoms with Crippen molar-refractivity contribution < 1.29 is 32.6 Å². The van der Waals surface area contributed by atoms with Crippen LogP contribution in [0.5, 0.6) is 5.75 Å². The summed E-state index contributed by atoms with van der Waals surface area (Å²) >= 11 is 1.32. The Morgan fingerprint density at radius 3 is 2.16 bits per heavy atom. The van der Waals surface area contributed by atoms with Gasteiger partial charge in [-0.15, -0.1) is 11.3 Å². The Morgan fingerprint density at radius 2 is 1.55 bits per heavy atom. The molecular formula is C29H32F3NO4S. The van der Waals surface area contributed by atoms with Gasteiger partial charge in [0.2, 0.25) is 0 Å². The summed E-state index contributed by atoms with van der Waals surface area (Å²) in [6.07, 6.45) is 1.50. The highest BCUT2D eigenvalue weighted by Gasteiger charge is 2.30. The van der Waals surface area contributed by atoms with Gasteiger partial charge in [-0.05, 0) is 60.4 Å². The summed E-state index contributed by atoms with van der Waals surface area (Å²) in [6, 6.07) is 15.8. The van der Waals surface area contributed by atoms with E-state index in [9.17, 15) is 22.8 Å². The molecule has 1 heterocycles. The number of carboxylic acid groups (broad SMARTS) is 1. The van der Waals surface area contributed by atoms with Gasteiger partial charge >= 0.3 is 12.1 Å². The molecule has 5 nitrogen and oxygen atoms in total. The van der Waals surface area contributed by atoms with E-state index in [0.29, 0.717) is 16.2 Å². The van der Waals surface area contributed by atoms with Crippen LogP contribution in [0.2, 0.25) is 0 Å². The van der Waals surface area contributed by atoms with E-state index in [1.807, 2.05) is 18.2 Å².